The summed E-state index contributed by atoms with van der Waals surface area (Å²) in [6.07, 6.45) is 7.71. The molecule has 38 heavy (non-hydrogen) atoms. The van der Waals surface area contributed by atoms with Crippen LogP contribution in [0.15, 0.2) is 107 Å². The lowest BCUT2D eigenvalue weighted by atomic mass is 9.76. The van der Waals surface area contributed by atoms with Gasteiger partial charge < -0.3 is 10.1 Å². The Morgan fingerprint density at radius 2 is 1.89 bits per heavy atom. The number of ether oxygens (including phenoxy) is 1. The Morgan fingerprint density at radius 1 is 1.03 bits per heavy atom. The van der Waals surface area contributed by atoms with Crippen molar-refractivity contribution in [3.05, 3.63) is 134 Å². The van der Waals surface area contributed by atoms with Crippen molar-refractivity contribution in [1.29, 1.82) is 0 Å². The summed E-state index contributed by atoms with van der Waals surface area (Å²) >= 11 is 9.70. The molecule has 190 valence electrons. The molecule has 0 radical (unpaired) electrons. The summed E-state index contributed by atoms with van der Waals surface area (Å²) in [5, 5.41) is 4.53. The van der Waals surface area contributed by atoms with Crippen molar-refractivity contribution in [2.24, 2.45) is 10.9 Å². The molecule has 4 aromatic rings. The molecule has 4 aromatic carbocycles. The third kappa shape index (κ3) is 5.29. The van der Waals surface area contributed by atoms with Gasteiger partial charge in [0.25, 0.3) is 0 Å². The van der Waals surface area contributed by atoms with Crippen molar-refractivity contribution in [2.45, 2.75) is 31.9 Å². The van der Waals surface area contributed by atoms with E-state index in [1.807, 2.05) is 48.7 Å². The molecule has 6 rings (SSSR count). The molecule has 1 heterocycles. The Morgan fingerprint density at radius 3 is 2.71 bits per heavy atom. The van der Waals surface area contributed by atoms with Crippen LogP contribution in [0.1, 0.15) is 46.2 Å². The van der Waals surface area contributed by atoms with E-state index in [0.29, 0.717) is 29.5 Å². The zero-order valence-electron chi connectivity index (χ0n) is 21.1. The molecule has 1 aliphatic heterocycles. The molecule has 0 saturated carbocycles. The summed E-state index contributed by atoms with van der Waals surface area (Å²) in [4.78, 5) is 4.71. The van der Waals surface area contributed by atoms with Crippen molar-refractivity contribution in [2.75, 3.05) is 5.32 Å². The average Bonchev–Trinajstić information content (AvgIpc) is 3.42. The maximum atomic E-state index is 6.07. The number of halogens is 2. The summed E-state index contributed by atoms with van der Waals surface area (Å²) < 4.78 is 6.85. The lowest BCUT2D eigenvalue weighted by Gasteiger charge is -2.37. The second kappa shape index (κ2) is 10.8. The number of anilines is 1. The number of benzene rings is 4. The predicted octanol–water partition coefficient (Wildman–Crippen LogP) is 9.57. The lowest BCUT2D eigenvalue weighted by Crippen LogP contribution is -2.29. The van der Waals surface area contributed by atoms with Gasteiger partial charge in [0, 0.05) is 22.8 Å². The van der Waals surface area contributed by atoms with E-state index in [4.69, 9.17) is 21.3 Å². The number of aryl methyl sites for hydroxylation is 1. The van der Waals surface area contributed by atoms with Crippen LogP contribution in [0.2, 0.25) is 5.02 Å². The van der Waals surface area contributed by atoms with Gasteiger partial charge in [0.15, 0.2) is 0 Å². The molecule has 0 fully saturated rings. The van der Waals surface area contributed by atoms with Gasteiger partial charge in [-0.15, -0.1) is 0 Å². The van der Waals surface area contributed by atoms with Gasteiger partial charge in [-0.25, -0.2) is 0 Å². The first-order valence-corrected chi connectivity index (χ1v) is 14.1. The third-order valence-electron chi connectivity index (χ3n) is 7.37. The minimum absolute atomic E-state index is 0.290. The van der Waals surface area contributed by atoms with E-state index in [-0.39, 0.29) is 0 Å². The van der Waals surface area contributed by atoms with Crippen LogP contribution >= 0.6 is 27.5 Å². The van der Waals surface area contributed by atoms with E-state index in [0.717, 1.165) is 33.5 Å². The highest BCUT2D eigenvalue weighted by Gasteiger charge is 2.37. The molecule has 1 aliphatic carbocycles. The summed E-state index contributed by atoms with van der Waals surface area (Å²) in [5.74, 6) is 1.79. The Hall–Kier alpha value is -3.34. The fourth-order valence-electron chi connectivity index (χ4n) is 5.46. The minimum Gasteiger partial charge on any atom is -0.488 e. The van der Waals surface area contributed by atoms with E-state index in [9.17, 15) is 0 Å². The predicted molar refractivity (Wildman–Crippen MR) is 161 cm³/mol. The number of fused-ring (bicyclic) bond motifs is 3. The van der Waals surface area contributed by atoms with Crippen LogP contribution in [0.25, 0.3) is 0 Å². The summed E-state index contributed by atoms with van der Waals surface area (Å²) in [7, 11) is 0. The van der Waals surface area contributed by atoms with Gasteiger partial charge in [-0.05, 0) is 106 Å². The van der Waals surface area contributed by atoms with Crippen LogP contribution in [0.3, 0.4) is 0 Å². The van der Waals surface area contributed by atoms with Gasteiger partial charge in [-0.2, -0.15) is 0 Å². The van der Waals surface area contributed by atoms with E-state index >= 15 is 0 Å². The second-order valence-corrected chi connectivity index (χ2v) is 11.3. The number of allylic oxidation sites excluding steroid dienone is 2. The average molecular weight is 584 g/mol. The Labute approximate surface area is 237 Å². The van der Waals surface area contributed by atoms with Crippen molar-refractivity contribution in [1.82, 2.24) is 0 Å². The topological polar surface area (TPSA) is 33.6 Å². The zero-order chi connectivity index (χ0) is 26.1. The highest BCUT2D eigenvalue weighted by molar-refractivity contribution is 9.10. The van der Waals surface area contributed by atoms with Gasteiger partial charge in [0.05, 0.1) is 16.2 Å². The smallest absolute Gasteiger partial charge is 0.134 e. The first-order chi connectivity index (χ1) is 18.5. The lowest BCUT2D eigenvalue weighted by molar-refractivity contribution is 0.304. The molecule has 0 amide bonds. The number of hydrogen-bond acceptors (Lipinski definition) is 3. The number of nitrogens with zero attached hydrogens (tertiary/aromatic N) is 1. The standard InChI is InChI=1S/C33H28BrClN2O/c1-21-8-14-31-29(16-21)27-6-3-7-28(27)33(37-31)24-10-12-26(13-11-24)36-19-22-9-15-32(30(34)18-22)38-20-23-4-2-5-25(35)17-23/h2-6,8-19,27-28,33,37H,7,20H2,1H3/t27-,28-,33+/m1/s1. The SMILES string of the molecule is Cc1ccc2c(c1)[C@@H]1C=CC[C@H]1[C@H](c1ccc(N=Cc3ccc(OCc4cccc(Cl)c4)c(Br)c3)cc1)N2. The van der Waals surface area contributed by atoms with Crippen LogP contribution in [0.5, 0.6) is 5.75 Å². The maximum Gasteiger partial charge on any atom is 0.134 e. The van der Waals surface area contributed by atoms with E-state index in [1.54, 1.807) is 0 Å². The largest absolute Gasteiger partial charge is 0.488 e. The summed E-state index contributed by atoms with van der Waals surface area (Å²) in [6.45, 7) is 2.63. The minimum atomic E-state index is 0.290. The molecule has 1 N–H and O–H groups in total. The number of hydrogen-bond donors (Lipinski definition) is 1. The van der Waals surface area contributed by atoms with Crippen LogP contribution < -0.4 is 10.1 Å². The van der Waals surface area contributed by atoms with Crippen molar-refractivity contribution < 1.29 is 4.74 Å². The third-order valence-corrected chi connectivity index (χ3v) is 8.23. The van der Waals surface area contributed by atoms with Crippen molar-refractivity contribution in [3.63, 3.8) is 0 Å². The fourth-order valence-corrected chi connectivity index (χ4v) is 6.19. The normalized spacial score (nSPS) is 19.7. The summed E-state index contributed by atoms with van der Waals surface area (Å²) in [5.41, 5.74) is 8.25. The molecule has 0 unspecified atom stereocenters. The molecule has 0 bridgehead atoms. The van der Waals surface area contributed by atoms with Gasteiger partial charge in [-0.1, -0.05) is 65.7 Å². The maximum absolute atomic E-state index is 6.07. The second-order valence-electron chi connectivity index (χ2n) is 10.0. The molecular formula is C33H28BrClN2O. The van der Waals surface area contributed by atoms with Crippen LogP contribution in [0.4, 0.5) is 11.4 Å². The molecule has 0 saturated heterocycles. The Bertz CT molecular complexity index is 1530. The molecule has 0 spiro atoms. The van der Waals surface area contributed by atoms with Gasteiger partial charge in [0.1, 0.15) is 12.4 Å². The van der Waals surface area contributed by atoms with Crippen LogP contribution in [-0.2, 0) is 6.61 Å². The molecule has 3 atom stereocenters. The van der Waals surface area contributed by atoms with Gasteiger partial charge in [-0.3, -0.25) is 4.99 Å². The molecule has 3 nitrogen and oxygen atoms in total. The molecule has 5 heteroatoms. The van der Waals surface area contributed by atoms with E-state index in [1.165, 1.54) is 22.4 Å². The molecule has 2 aliphatic rings. The number of aliphatic imine (C=N–C) groups is 1. The first kappa shape index (κ1) is 25.0. The van der Waals surface area contributed by atoms with Crippen LogP contribution in [0, 0.1) is 12.8 Å². The van der Waals surface area contributed by atoms with Gasteiger partial charge in [0.2, 0.25) is 0 Å². The van der Waals surface area contributed by atoms with Crippen molar-refractivity contribution in [3.8, 4) is 5.75 Å². The summed E-state index contributed by atoms with van der Waals surface area (Å²) in [6, 6.07) is 29.3. The Kier molecular flexibility index (Phi) is 7.10. The Balaban J connectivity index is 1.13. The number of nitrogens with one attached hydrogen (secondary N) is 1. The first-order valence-electron chi connectivity index (χ1n) is 12.9. The highest BCUT2D eigenvalue weighted by Crippen LogP contribution is 2.50. The monoisotopic (exact) mass is 582 g/mol. The molecular weight excluding hydrogens is 556 g/mol. The van der Waals surface area contributed by atoms with Crippen LogP contribution in [-0.4, -0.2) is 6.21 Å². The van der Waals surface area contributed by atoms with E-state index in [2.05, 4.69) is 82.8 Å². The molecule has 0 aromatic heterocycles. The van der Waals surface area contributed by atoms with Gasteiger partial charge >= 0.3 is 0 Å². The van der Waals surface area contributed by atoms with Crippen molar-refractivity contribution >= 4 is 45.1 Å². The highest BCUT2D eigenvalue weighted by atomic mass is 79.9. The number of rotatable bonds is 6. The fraction of sp³-hybridized carbons (Fsp3) is 0.182. The zero-order valence-corrected chi connectivity index (χ0v) is 23.4. The quantitative estimate of drug-likeness (QED) is 0.181. The van der Waals surface area contributed by atoms with E-state index < -0.39 is 0 Å².